The highest BCUT2D eigenvalue weighted by Crippen LogP contribution is 2.37. The molecular weight excluding hydrogens is 344 g/mol. The minimum Gasteiger partial charge on any atom is -0.370 e. The summed E-state index contributed by atoms with van der Waals surface area (Å²) in [6, 6.07) is 13.3. The molecule has 0 unspecified atom stereocenters. The van der Waals surface area contributed by atoms with Crippen LogP contribution in [0.4, 0.5) is 0 Å². The van der Waals surface area contributed by atoms with Gasteiger partial charge in [-0.25, -0.2) is 0 Å². The second kappa shape index (κ2) is 8.89. The summed E-state index contributed by atoms with van der Waals surface area (Å²) in [6.07, 6.45) is 3.13. The summed E-state index contributed by atoms with van der Waals surface area (Å²) < 4.78 is 0. The third kappa shape index (κ3) is 4.47. The van der Waals surface area contributed by atoms with Crippen LogP contribution in [-0.2, 0) is 15.0 Å². The molecular formula is C21H22N2O4. The average molecular weight is 366 g/mol. The van der Waals surface area contributed by atoms with E-state index in [-0.39, 0.29) is 6.42 Å². The molecule has 27 heavy (non-hydrogen) atoms. The van der Waals surface area contributed by atoms with Crippen LogP contribution in [0.3, 0.4) is 0 Å². The average Bonchev–Trinajstić information content (AvgIpc) is 2.68. The fourth-order valence-corrected chi connectivity index (χ4v) is 3.24. The number of hydrogen-bond donors (Lipinski definition) is 2. The fraction of sp³-hybridized carbons (Fsp3) is 0.238. The van der Waals surface area contributed by atoms with Crippen LogP contribution in [0.5, 0.6) is 0 Å². The van der Waals surface area contributed by atoms with Crippen LogP contribution >= 0.6 is 0 Å². The van der Waals surface area contributed by atoms with Crippen LogP contribution in [0.25, 0.3) is 0 Å². The topological polar surface area (TPSA) is 120 Å². The van der Waals surface area contributed by atoms with E-state index >= 15 is 0 Å². The summed E-state index contributed by atoms with van der Waals surface area (Å²) in [5, 5.41) is 0. The number of amides is 2. The first-order valence-electron chi connectivity index (χ1n) is 8.63. The molecule has 0 aliphatic rings. The van der Waals surface area contributed by atoms with E-state index in [0.717, 1.165) is 12.6 Å². The van der Waals surface area contributed by atoms with E-state index in [2.05, 4.69) is 0 Å². The van der Waals surface area contributed by atoms with Crippen molar-refractivity contribution in [3.63, 3.8) is 0 Å². The largest absolute Gasteiger partial charge is 0.370 e. The third-order valence-corrected chi connectivity index (χ3v) is 4.72. The first-order chi connectivity index (χ1) is 12.9. The van der Waals surface area contributed by atoms with Gasteiger partial charge in [0.05, 0.1) is 5.41 Å². The van der Waals surface area contributed by atoms with E-state index in [4.69, 9.17) is 11.5 Å². The quantitative estimate of drug-likeness (QED) is 0.494. The Labute approximate surface area is 157 Å². The lowest BCUT2D eigenvalue weighted by Gasteiger charge is -2.32. The molecule has 140 valence electrons. The number of hydrogen-bond acceptors (Lipinski definition) is 4. The summed E-state index contributed by atoms with van der Waals surface area (Å²) in [5.74, 6) is -0.940. The molecule has 0 atom stereocenters. The van der Waals surface area contributed by atoms with Gasteiger partial charge in [0.2, 0.25) is 11.8 Å². The molecule has 0 spiro atoms. The zero-order chi connectivity index (χ0) is 19.9. The number of rotatable bonds is 10. The Morgan fingerprint density at radius 3 is 1.56 bits per heavy atom. The molecule has 2 aromatic rings. The van der Waals surface area contributed by atoms with Gasteiger partial charge in [-0.1, -0.05) is 55.0 Å². The highest BCUT2D eigenvalue weighted by Gasteiger charge is 2.39. The van der Waals surface area contributed by atoms with Crippen LogP contribution in [0.1, 0.15) is 57.5 Å². The molecule has 6 nitrogen and oxygen atoms in total. The Balaban J connectivity index is 2.50. The van der Waals surface area contributed by atoms with Gasteiger partial charge in [0, 0.05) is 17.5 Å². The molecule has 0 aliphatic heterocycles. The van der Waals surface area contributed by atoms with E-state index in [1.807, 2.05) is 0 Å². The molecule has 0 heterocycles. The van der Waals surface area contributed by atoms with Gasteiger partial charge in [0.25, 0.3) is 0 Å². The predicted molar refractivity (Wildman–Crippen MR) is 101 cm³/mol. The molecule has 0 saturated carbocycles. The second-order valence-corrected chi connectivity index (χ2v) is 6.42. The molecule has 0 fully saturated rings. The Bertz CT molecular complexity index is 775. The lowest BCUT2D eigenvalue weighted by atomic mass is 9.70. The van der Waals surface area contributed by atoms with Crippen LogP contribution in [0.2, 0.25) is 0 Å². The standard InChI is InChI=1S/C21H22N2O4/c22-19(26)3-1-2-12-21(20(23)27,17-8-4-15(13-24)5-9-17)18-10-6-16(14-25)7-11-18/h4-11,13-14H,1-3,12H2,(H2,22,26)(H2,23,27). The van der Waals surface area contributed by atoms with E-state index < -0.39 is 17.2 Å². The first-order valence-corrected chi connectivity index (χ1v) is 8.63. The molecule has 0 bridgehead atoms. The van der Waals surface area contributed by atoms with Crippen molar-refractivity contribution >= 4 is 24.4 Å². The number of nitrogens with two attached hydrogens (primary N) is 2. The van der Waals surface area contributed by atoms with Gasteiger partial charge < -0.3 is 11.5 Å². The minimum absolute atomic E-state index is 0.225. The highest BCUT2D eigenvalue weighted by atomic mass is 16.1. The number of unbranched alkanes of at least 4 members (excludes halogenated alkanes) is 1. The van der Waals surface area contributed by atoms with Gasteiger partial charge >= 0.3 is 0 Å². The van der Waals surface area contributed by atoms with Gasteiger partial charge in [0.15, 0.2) is 0 Å². The smallest absolute Gasteiger partial charge is 0.232 e. The maximum absolute atomic E-state index is 12.7. The number of carbonyl (C=O) groups is 4. The molecule has 2 rings (SSSR count). The zero-order valence-corrected chi connectivity index (χ0v) is 14.9. The fourth-order valence-electron chi connectivity index (χ4n) is 3.24. The summed E-state index contributed by atoms with van der Waals surface area (Å²) >= 11 is 0. The monoisotopic (exact) mass is 366 g/mol. The molecule has 0 saturated heterocycles. The maximum Gasteiger partial charge on any atom is 0.232 e. The van der Waals surface area contributed by atoms with Crippen molar-refractivity contribution in [2.45, 2.75) is 31.1 Å². The van der Waals surface area contributed by atoms with Crippen molar-refractivity contribution in [1.29, 1.82) is 0 Å². The molecule has 0 aliphatic carbocycles. The van der Waals surface area contributed by atoms with Gasteiger partial charge in [-0.15, -0.1) is 0 Å². The Hall–Kier alpha value is -3.28. The van der Waals surface area contributed by atoms with E-state index in [1.54, 1.807) is 48.5 Å². The van der Waals surface area contributed by atoms with Gasteiger partial charge in [-0.05, 0) is 24.0 Å². The van der Waals surface area contributed by atoms with Crippen LogP contribution in [-0.4, -0.2) is 24.4 Å². The number of benzene rings is 2. The third-order valence-electron chi connectivity index (χ3n) is 4.72. The number of carbonyl (C=O) groups excluding carboxylic acids is 4. The summed E-state index contributed by atoms with van der Waals surface area (Å²) in [4.78, 5) is 45.6. The number of aldehydes is 2. The van der Waals surface area contributed by atoms with Crippen LogP contribution in [0, 0.1) is 0 Å². The Morgan fingerprint density at radius 1 is 0.778 bits per heavy atom. The highest BCUT2D eigenvalue weighted by molar-refractivity contribution is 5.91. The maximum atomic E-state index is 12.7. The molecule has 0 radical (unpaired) electrons. The van der Waals surface area contributed by atoms with Gasteiger partial charge in [-0.2, -0.15) is 0 Å². The number of primary amides is 2. The second-order valence-electron chi connectivity index (χ2n) is 6.42. The van der Waals surface area contributed by atoms with Gasteiger partial charge in [0.1, 0.15) is 12.6 Å². The van der Waals surface area contributed by atoms with E-state index in [0.29, 0.717) is 41.5 Å². The normalized spacial score (nSPS) is 11.0. The van der Waals surface area contributed by atoms with Crippen LogP contribution < -0.4 is 11.5 Å². The SMILES string of the molecule is NC(=O)CCCCC(C(N)=O)(c1ccc(C=O)cc1)c1ccc(C=O)cc1. The van der Waals surface area contributed by atoms with Crippen molar-refractivity contribution in [2.24, 2.45) is 11.5 Å². The van der Waals surface area contributed by atoms with Crippen LogP contribution in [0.15, 0.2) is 48.5 Å². The zero-order valence-electron chi connectivity index (χ0n) is 14.9. The van der Waals surface area contributed by atoms with Crippen molar-refractivity contribution < 1.29 is 19.2 Å². The van der Waals surface area contributed by atoms with Crippen molar-refractivity contribution in [2.75, 3.05) is 0 Å². The molecule has 0 aromatic heterocycles. The van der Waals surface area contributed by atoms with Crippen molar-refractivity contribution in [3.8, 4) is 0 Å². The van der Waals surface area contributed by atoms with E-state index in [9.17, 15) is 19.2 Å². The van der Waals surface area contributed by atoms with Gasteiger partial charge in [-0.3, -0.25) is 19.2 Å². The van der Waals surface area contributed by atoms with Crippen molar-refractivity contribution in [1.82, 2.24) is 0 Å². The molecule has 6 heteroatoms. The minimum atomic E-state index is -1.14. The lowest BCUT2D eigenvalue weighted by Crippen LogP contribution is -2.42. The summed E-state index contributed by atoms with van der Waals surface area (Å²) in [7, 11) is 0. The Morgan fingerprint density at radius 2 is 1.22 bits per heavy atom. The van der Waals surface area contributed by atoms with E-state index in [1.165, 1.54) is 0 Å². The predicted octanol–water partition coefficient (Wildman–Crippen LogP) is 2.13. The first kappa shape index (κ1) is 20.0. The molecule has 2 amide bonds. The molecule has 4 N–H and O–H groups in total. The van der Waals surface area contributed by atoms with Crippen molar-refractivity contribution in [3.05, 3.63) is 70.8 Å². The Kier molecular flexibility index (Phi) is 6.60. The molecule has 2 aromatic carbocycles. The lowest BCUT2D eigenvalue weighted by molar-refractivity contribution is -0.122. The summed E-state index contributed by atoms with van der Waals surface area (Å²) in [5.41, 5.74) is 12.2. The summed E-state index contributed by atoms with van der Waals surface area (Å²) in [6.45, 7) is 0.